The van der Waals surface area contributed by atoms with E-state index < -0.39 is 0 Å². The van der Waals surface area contributed by atoms with Gasteiger partial charge in [0, 0.05) is 32.1 Å². The van der Waals surface area contributed by atoms with Crippen molar-refractivity contribution >= 4 is 5.91 Å². The van der Waals surface area contributed by atoms with E-state index >= 15 is 0 Å². The predicted octanol–water partition coefficient (Wildman–Crippen LogP) is 1.49. The third-order valence-electron chi connectivity index (χ3n) is 5.44. The zero-order valence-electron chi connectivity index (χ0n) is 15.1. The van der Waals surface area contributed by atoms with E-state index in [1.807, 2.05) is 0 Å². The maximum absolute atomic E-state index is 12.3. The van der Waals surface area contributed by atoms with Gasteiger partial charge in [-0.2, -0.15) is 0 Å². The number of morpholine rings is 1. The van der Waals surface area contributed by atoms with Crippen molar-refractivity contribution in [2.75, 3.05) is 45.9 Å². The van der Waals surface area contributed by atoms with E-state index in [0.717, 1.165) is 45.9 Å². The van der Waals surface area contributed by atoms with Gasteiger partial charge in [0.25, 0.3) is 0 Å². The van der Waals surface area contributed by atoms with Gasteiger partial charge in [-0.15, -0.1) is 0 Å². The molecule has 2 rings (SSSR count). The molecule has 3 atom stereocenters. The molecule has 2 heterocycles. The van der Waals surface area contributed by atoms with E-state index in [9.17, 15) is 4.79 Å². The van der Waals surface area contributed by atoms with Crippen molar-refractivity contribution in [2.45, 2.75) is 46.1 Å². The molecule has 3 unspecified atom stereocenters. The molecule has 0 aromatic rings. The molecule has 0 bridgehead atoms. The summed E-state index contributed by atoms with van der Waals surface area (Å²) in [6.45, 7) is 13.2. The summed E-state index contributed by atoms with van der Waals surface area (Å²) in [5.41, 5.74) is 0. The molecule has 2 saturated heterocycles. The molecule has 0 aromatic heterocycles. The normalized spacial score (nSPS) is 26.0. The summed E-state index contributed by atoms with van der Waals surface area (Å²) in [5, 5.41) is 6.64. The van der Waals surface area contributed by atoms with Crippen molar-refractivity contribution in [2.24, 2.45) is 17.8 Å². The monoisotopic (exact) mass is 325 g/mol. The van der Waals surface area contributed by atoms with E-state index in [0.29, 0.717) is 30.2 Å². The van der Waals surface area contributed by atoms with Gasteiger partial charge in [0.05, 0.1) is 13.2 Å². The lowest BCUT2D eigenvalue weighted by molar-refractivity contribution is -0.122. The van der Waals surface area contributed by atoms with Gasteiger partial charge in [-0.25, -0.2) is 0 Å². The van der Waals surface area contributed by atoms with Crippen LogP contribution in [0.2, 0.25) is 0 Å². The van der Waals surface area contributed by atoms with Gasteiger partial charge in [0.1, 0.15) is 0 Å². The molecule has 134 valence electrons. The molecule has 5 heteroatoms. The lowest BCUT2D eigenvalue weighted by Crippen LogP contribution is -2.51. The fourth-order valence-electron chi connectivity index (χ4n) is 3.81. The Morgan fingerprint density at radius 3 is 2.65 bits per heavy atom. The average Bonchev–Trinajstić information content (AvgIpc) is 2.56. The number of hydrogen-bond acceptors (Lipinski definition) is 4. The summed E-state index contributed by atoms with van der Waals surface area (Å²) in [4.78, 5) is 14.8. The van der Waals surface area contributed by atoms with Crippen LogP contribution in [0.3, 0.4) is 0 Å². The number of piperidine rings is 1. The summed E-state index contributed by atoms with van der Waals surface area (Å²) in [5.74, 6) is 1.86. The Hall–Kier alpha value is -0.650. The second kappa shape index (κ2) is 9.60. The molecule has 0 aromatic carbocycles. The number of hydrogen-bond donors (Lipinski definition) is 2. The van der Waals surface area contributed by atoms with Gasteiger partial charge >= 0.3 is 0 Å². The van der Waals surface area contributed by atoms with Crippen LogP contribution in [0.4, 0.5) is 0 Å². The van der Waals surface area contributed by atoms with Crippen molar-refractivity contribution in [3.63, 3.8) is 0 Å². The smallest absolute Gasteiger partial charge is 0.220 e. The van der Waals surface area contributed by atoms with E-state index in [4.69, 9.17) is 4.74 Å². The molecule has 0 spiro atoms. The van der Waals surface area contributed by atoms with Gasteiger partial charge in [-0.3, -0.25) is 9.69 Å². The van der Waals surface area contributed by atoms with Gasteiger partial charge < -0.3 is 15.4 Å². The van der Waals surface area contributed by atoms with Crippen LogP contribution < -0.4 is 10.6 Å². The molecule has 5 nitrogen and oxygen atoms in total. The lowest BCUT2D eigenvalue weighted by atomic mass is 9.85. The minimum absolute atomic E-state index is 0.210. The number of carbonyl (C=O) groups excluding carboxylic acids is 1. The second-order valence-electron chi connectivity index (χ2n) is 7.55. The number of ether oxygens (including phenoxy) is 1. The van der Waals surface area contributed by atoms with Crippen LogP contribution in [0.5, 0.6) is 0 Å². The summed E-state index contributed by atoms with van der Waals surface area (Å²) in [7, 11) is 0. The van der Waals surface area contributed by atoms with Crippen molar-refractivity contribution in [3.8, 4) is 0 Å². The van der Waals surface area contributed by atoms with Crippen LogP contribution in [0.25, 0.3) is 0 Å². The number of amides is 1. The summed E-state index contributed by atoms with van der Waals surface area (Å²) >= 11 is 0. The summed E-state index contributed by atoms with van der Waals surface area (Å²) in [6.07, 6.45) is 3.15. The van der Waals surface area contributed by atoms with Crippen molar-refractivity contribution in [3.05, 3.63) is 0 Å². The zero-order valence-corrected chi connectivity index (χ0v) is 15.1. The second-order valence-corrected chi connectivity index (χ2v) is 7.55. The highest BCUT2D eigenvalue weighted by Crippen LogP contribution is 2.22. The first-order chi connectivity index (χ1) is 11.1. The first-order valence-electron chi connectivity index (χ1n) is 9.37. The van der Waals surface area contributed by atoms with Crippen LogP contribution in [-0.2, 0) is 9.53 Å². The van der Waals surface area contributed by atoms with Crippen molar-refractivity contribution in [1.29, 1.82) is 0 Å². The predicted molar refractivity (Wildman–Crippen MR) is 93.4 cm³/mol. The third-order valence-corrected chi connectivity index (χ3v) is 5.44. The fraction of sp³-hybridized carbons (Fsp3) is 0.944. The van der Waals surface area contributed by atoms with Crippen LogP contribution in [0.1, 0.15) is 40.0 Å². The van der Waals surface area contributed by atoms with Crippen LogP contribution >= 0.6 is 0 Å². The SMILES string of the molecule is CC(C)C(CNC(=O)CC(C)C1CCCNC1)N1CCOCC1. The molecular formula is C18H35N3O2. The Morgan fingerprint density at radius 2 is 2.04 bits per heavy atom. The Bertz CT molecular complexity index is 350. The largest absolute Gasteiger partial charge is 0.379 e. The van der Waals surface area contributed by atoms with E-state index in [2.05, 4.69) is 36.3 Å². The minimum atomic E-state index is 0.210. The van der Waals surface area contributed by atoms with E-state index in [1.165, 1.54) is 12.8 Å². The molecular weight excluding hydrogens is 290 g/mol. The molecule has 0 radical (unpaired) electrons. The topological polar surface area (TPSA) is 53.6 Å². The summed E-state index contributed by atoms with van der Waals surface area (Å²) < 4.78 is 5.44. The Kier molecular flexibility index (Phi) is 7.80. The van der Waals surface area contributed by atoms with E-state index in [-0.39, 0.29) is 5.91 Å². The van der Waals surface area contributed by atoms with Gasteiger partial charge in [-0.05, 0) is 43.7 Å². The minimum Gasteiger partial charge on any atom is -0.379 e. The van der Waals surface area contributed by atoms with Crippen LogP contribution in [0.15, 0.2) is 0 Å². The first-order valence-corrected chi connectivity index (χ1v) is 9.37. The Labute approximate surface area is 141 Å². The third kappa shape index (κ3) is 6.05. The molecule has 23 heavy (non-hydrogen) atoms. The molecule has 2 aliphatic rings. The van der Waals surface area contributed by atoms with Crippen LogP contribution in [-0.4, -0.2) is 62.8 Å². The van der Waals surface area contributed by atoms with Crippen molar-refractivity contribution in [1.82, 2.24) is 15.5 Å². The maximum atomic E-state index is 12.3. The highest BCUT2D eigenvalue weighted by atomic mass is 16.5. The quantitative estimate of drug-likeness (QED) is 0.744. The number of nitrogens with zero attached hydrogens (tertiary/aromatic N) is 1. The standard InChI is InChI=1S/C18H35N3O2/c1-14(2)17(21-7-9-23-10-8-21)13-20-18(22)11-15(3)16-5-4-6-19-12-16/h14-17,19H,4-13H2,1-3H3,(H,20,22). The highest BCUT2D eigenvalue weighted by Gasteiger charge is 2.25. The maximum Gasteiger partial charge on any atom is 0.220 e. The molecule has 2 N–H and O–H groups in total. The van der Waals surface area contributed by atoms with E-state index in [1.54, 1.807) is 0 Å². The Morgan fingerprint density at radius 1 is 1.30 bits per heavy atom. The van der Waals surface area contributed by atoms with Crippen LogP contribution in [0, 0.1) is 17.8 Å². The lowest BCUT2D eigenvalue weighted by Gasteiger charge is -2.37. The number of nitrogens with one attached hydrogen (secondary N) is 2. The number of rotatable bonds is 7. The molecule has 2 fully saturated rings. The summed E-state index contributed by atoms with van der Waals surface area (Å²) in [6, 6.07) is 0.412. The highest BCUT2D eigenvalue weighted by molar-refractivity contribution is 5.76. The average molecular weight is 325 g/mol. The zero-order chi connectivity index (χ0) is 16.7. The molecule has 0 aliphatic carbocycles. The molecule has 0 saturated carbocycles. The molecule has 1 amide bonds. The Balaban J connectivity index is 1.74. The fourth-order valence-corrected chi connectivity index (χ4v) is 3.81. The van der Waals surface area contributed by atoms with Gasteiger partial charge in [0.2, 0.25) is 5.91 Å². The molecule has 2 aliphatic heterocycles. The first kappa shape index (κ1) is 18.7. The van der Waals surface area contributed by atoms with Gasteiger partial charge in [0.15, 0.2) is 0 Å². The van der Waals surface area contributed by atoms with Crippen molar-refractivity contribution < 1.29 is 9.53 Å². The van der Waals surface area contributed by atoms with Gasteiger partial charge in [-0.1, -0.05) is 20.8 Å². The number of carbonyl (C=O) groups is 1.